The van der Waals surface area contributed by atoms with Crippen LogP contribution in [0, 0.1) is 43.5 Å². The molecule has 0 amide bonds. The van der Waals surface area contributed by atoms with Gasteiger partial charge in [0.1, 0.15) is 17.7 Å². The smallest absolute Gasteiger partial charge is 0.136 e. The summed E-state index contributed by atoms with van der Waals surface area (Å²) >= 11 is 7.81. The molecule has 0 saturated carbocycles. The molecule has 0 saturated heterocycles. The summed E-state index contributed by atoms with van der Waals surface area (Å²) in [5, 5.41) is 24.5. The number of benzene rings is 3. The zero-order valence-corrected chi connectivity index (χ0v) is 20.1. The van der Waals surface area contributed by atoms with Crippen molar-refractivity contribution in [3.63, 3.8) is 0 Å². The highest BCUT2D eigenvalue weighted by Gasteiger charge is 2.24. The van der Waals surface area contributed by atoms with Crippen LogP contribution in [0.5, 0.6) is 0 Å². The van der Waals surface area contributed by atoms with Gasteiger partial charge in [-0.1, -0.05) is 96.3 Å². The molecule has 0 unspecified atom stereocenters. The van der Waals surface area contributed by atoms with Gasteiger partial charge in [0.05, 0.1) is 12.7 Å². The largest absolute Gasteiger partial charge is 0.192 e. The van der Waals surface area contributed by atoms with Crippen LogP contribution in [0.15, 0.2) is 81.3 Å². The molecule has 5 rings (SSSR count). The summed E-state index contributed by atoms with van der Waals surface area (Å²) in [6.45, 7) is 0. The van der Waals surface area contributed by atoms with E-state index in [4.69, 9.17) is 10.5 Å². The first-order valence-electron chi connectivity index (χ1n) is 9.96. The highest BCUT2D eigenvalue weighted by Crippen LogP contribution is 2.59. The van der Waals surface area contributed by atoms with E-state index in [0.717, 1.165) is 10.4 Å². The molecule has 0 N–H and O–H groups in total. The van der Waals surface area contributed by atoms with Crippen LogP contribution in [0.3, 0.4) is 0 Å². The van der Waals surface area contributed by atoms with E-state index >= 15 is 0 Å². The number of rotatable bonds is 0. The summed E-state index contributed by atoms with van der Waals surface area (Å²) in [6.07, 6.45) is 0. The van der Waals surface area contributed by atoms with Crippen LogP contribution < -0.4 is 10.4 Å². The lowest BCUT2D eigenvalue weighted by atomic mass is 10.1. The predicted octanol–water partition coefficient (Wildman–Crippen LogP) is 5.61. The van der Waals surface area contributed by atoms with Crippen LogP contribution in [-0.4, -0.2) is 11.5 Å². The Labute approximate surface area is 202 Å². The molecule has 2 aliphatic heterocycles. The standard InChI is InChI=1S/C26H16N2S4/c27-15-23(16-28)21-7-5-19(6-8-21)17-1-3-18(4-2-17)20-9-11-22(12-10-20)24-31-25-26(32-24)30-14-13-29-25/h1-12H,13-14H2. The van der Waals surface area contributed by atoms with Gasteiger partial charge in [-0.25, -0.2) is 0 Å². The molecule has 154 valence electrons. The molecule has 0 spiro atoms. The summed E-state index contributed by atoms with van der Waals surface area (Å²) in [5.41, 5.74) is 0.136. The third-order valence-corrected chi connectivity index (χ3v) is 11.0. The zero-order valence-electron chi connectivity index (χ0n) is 16.9. The average molecular weight is 485 g/mol. The van der Waals surface area contributed by atoms with E-state index in [9.17, 15) is 0 Å². The second kappa shape index (κ2) is 9.57. The number of hydrogen-bond donors (Lipinski definition) is 0. The Kier molecular flexibility index (Phi) is 6.39. The Balaban J connectivity index is 1.50. The molecule has 3 aromatic carbocycles. The van der Waals surface area contributed by atoms with E-state index in [1.807, 2.05) is 83.5 Å². The van der Waals surface area contributed by atoms with E-state index in [0.29, 0.717) is 5.22 Å². The molecule has 0 bridgehead atoms. The molecule has 0 radical (unpaired) electrons. The lowest BCUT2D eigenvalue weighted by Gasteiger charge is -2.08. The molecule has 6 heteroatoms. The summed E-state index contributed by atoms with van der Waals surface area (Å²) in [7, 11) is 0. The third-order valence-electron chi connectivity index (χ3n) is 5.16. The van der Waals surface area contributed by atoms with Crippen molar-refractivity contribution in [1.82, 2.24) is 0 Å². The first-order chi connectivity index (χ1) is 15.7. The van der Waals surface area contributed by atoms with Crippen LogP contribution in [0.25, 0.3) is 9.81 Å². The van der Waals surface area contributed by atoms with Gasteiger partial charge in [-0.15, -0.1) is 23.5 Å². The molecular formula is C26H16N2S4. The quantitative estimate of drug-likeness (QED) is 0.413. The fraction of sp³-hybridized carbons (Fsp3) is 0.0769. The molecular weight excluding hydrogens is 469 g/mol. The minimum atomic E-state index is 0.136. The Morgan fingerprint density at radius 1 is 0.531 bits per heavy atom. The summed E-state index contributed by atoms with van der Waals surface area (Å²) < 4.78 is 4.34. The van der Waals surface area contributed by atoms with Crippen LogP contribution in [0.4, 0.5) is 0 Å². The zero-order chi connectivity index (χ0) is 21.9. The van der Waals surface area contributed by atoms with Gasteiger partial charge in [-0.3, -0.25) is 0 Å². The minimum Gasteiger partial charge on any atom is -0.192 e. The first kappa shape index (κ1) is 21.4. The lowest BCUT2D eigenvalue weighted by Crippen LogP contribution is -2.02. The molecule has 0 aliphatic carbocycles. The molecule has 0 atom stereocenters. The average Bonchev–Trinajstić information content (AvgIpc) is 3.30. The van der Waals surface area contributed by atoms with Gasteiger partial charge in [0.25, 0.3) is 0 Å². The van der Waals surface area contributed by atoms with Gasteiger partial charge in [-0.05, 0) is 26.1 Å². The van der Waals surface area contributed by atoms with Crippen molar-refractivity contribution >= 4 is 56.9 Å². The maximum absolute atomic E-state index is 9.01. The van der Waals surface area contributed by atoms with Crippen LogP contribution in [0.1, 0.15) is 0 Å². The van der Waals surface area contributed by atoms with Crippen molar-refractivity contribution < 1.29 is 0 Å². The van der Waals surface area contributed by atoms with Crippen LogP contribution in [-0.2, 0) is 0 Å². The van der Waals surface area contributed by atoms with Crippen LogP contribution in [0.2, 0.25) is 0 Å². The predicted molar refractivity (Wildman–Crippen MR) is 139 cm³/mol. The molecule has 2 heterocycles. The second-order valence-corrected chi connectivity index (χ2v) is 12.1. The molecule has 2 aliphatic rings. The van der Waals surface area contributed by atoms with E-state index in [1.54, 1.807) is 0 Å². The fourth-order valence-electron chi connectivity index (χ4n) is 3.47. The van der Waals surface area contributed by atoms with Gasteiger partial charge in [-0.2, -0.15) is 10.5 Å². The van der Waals surface area contributed by atoms with E-state index in [-0.39, 0.29) is 5.57 Å². The van der Waals surface area contributed by atoms with Crippen molar-refractivity contribution in [1.29, 1.82) is 10.5 Å². The number of nitriles is 2. The van der Waals surface area contributed by atoms with E-state index < -0.39 is 0 Å². The highest BCUT2D eigenvalue weighted by atomic mass is 32.3. The fourth-order valence-corrected chi connectivity index (χ4v) is 9.42. The summed E-state index contributed by atoms with van der Waals surface area (Å²) in [5.74, 6) is 2.42. The second-order valence-electron chi connectivity index (χ2n) is 7.09. The Morgan fingerprint density at radius 3 is 1.31 bits per heavy atom. The maximum Gasteiger partial charge on any atom is 0.136 e. The summed E-state index contributed by atoms with van der Waals surface area (Å²) in [6, 6.07) is 28.8. The third kappa shape index (κ3) is 4.37. The van der Waals surface area contributed by atoms with E-state index in [1.165, 1.54) is 39.9 Å². The van der Waals surface area contributed by atoms with E-state index in [2.05, 4.69) is 48.5 Å². The normalized spacial score (nSPS) is 15.1. The van der Waals surface area contributed by atoms with Crippen molar-refractivity contribution in [2.45, 2.75) is 0 Å². The molecule has 0 aromatic heterocycles. The summed E-state index contributed by atoms with van der Waals surface area (Å²) in [4.78, 5) is 0. The monoisotopic (exact) mass is 484 g/mol. The molecule has 3 aromatic rings. The minimum absolute atomic E-state index is 0.136. The Bertz CT molecular complexity index is 1550. The topological polar surface area (TPSA) is 47.6 Å². The SMILES string of the molecule is N#CC(C#N)=c1ccc(=c2ccc(=c3ccc(=C4SC5=C(SCCS5)S4)cc3)cc2)cc1. The first-order valence-corrected chi connectivity index (χ1v) is 13.6. The van der Waals surface area contributed by atoms with Crippen molar-refractivity contribution in [2.75, 3.05) is 11.5 Å². The van der Waals surface area contributed by atoms with Crippen LogP contribution >= 0.6 is 47.0 Å². The van der Waals surface area contributed by atoms with Gasteiger partial charge in [0.15, 0.2) is 0 Å². The lowest BCUT2D eigenvalue weighted by molar-refractivity contribution is 1.42. The highest BCUT2D eigenvalue weighted by molar-refractivity contribution is 8.46. The van der Waals surface area contributed by atoms with Crippen molar-refractivity contribution in [3.8, 4) is 12.1 Å². The molecule has 32 heavy (non-hydrogen) atoms. The maximum atomic E-state index is 9.01. The number of thioether (sulfide) groups is 4. The molecule has 2 nitrogen and oxygen atoms in total. The van der Waals surface area contributed by atoms with Gasteiger partial charge >= 0.3 is 0 Å². The Morgan fingerprint density at radius 2 is 0.906 bits per heavy atom. The van der Waals surface area contributed by atoms with Gasteiger partial charge in [0.2, 0.25) is 0 Å². The van der Waals surface area contributed by atoms with Crippen molar-refractivity contribution in [2.24, 2.45) is 0 Å². The van der Waals surface area contributed by atoms with Gasteiger partial charge < -0.3 is 0 Å². The van der Waals surface area contributed by atoms with Gasteiger partial charge in [0, 0.05) is 16.7 Å². The Hall–Kier alpha value is -2.48. The molecule has 0 fully saturated rings. The number of nitrogens with zero attached hydrogens (tertiary/aromatic N) is 2. The van der Waals surface area contributed by atoms with Crippen molar-refractivity contribution in [3.05, 3.63) is 113 Å². The number of hydrogen-bond acceptors (Lipinski definition) is 6.